The Kier molecular flexibility index (Phi) is 10.0. The molecule has 0 aliphatic heterocycles. The van der Waals surface area contributed by atoms with Gasteiger partial charge in [-0.1, -0.05) is 17.7 Å². The molecule has 0 saturated heterocycles. The van der Waals surface area contributed by atoms with E-state index >= 15 is 0 Å². The van der Waals surface area contributed by atoms with Crippen LogP contribution in [0.2, 0.25) is 0 Å². The van der Waals surface area contributed by atoms with Crippen molar-refractivity contribution in [2.24, 2.45) is 16.5 Å². The molecule has 0 bridgehead atoms. The summed E-state index contributed by atoms with van der Waals surface area (Å²) in [6.07, 6.45) is -0.690. The molecule has 1 atom stereocenters. The number of benzene rings is 2. The van der Waals surface area contributed by atoms with Gasteiger partial charge in [-0.15, -0.1) is 0 Å². The summed E-state index contributed by atoms with van der Waals surface area (Å²) in [5.41, 5.74) is 11.4. The first-order valence-corrected chi connectivity index (χ1v) is 11.5. The highest BCUT2D eigenvalue weighted by atomic mass is 32.2. The molecule has 0 aromatic heterocycles. The average molecular weight is 495 g/mol. The Hall–Kier alpha value is -3.64. The third-order valence-electron chi connectivity index (χ3n) is 3.72. The number of hydrogen-bond acceptors (Lipinski definition) is 7. The van der Waals surface area contributed by atoms with E-state index in [9.17, 15) is 18.0 Å². The number of esters is 1. The zero-order valence-electron chi connectivity index (χ0n) is 19.6. The summed E-state index contributed by atoms with van der Waals surface area (Å²) in [7, 11) is -4.02. The van der Waals surface area contributed by atoms with Gasteiger partial charge in [-0.05, 0) is 71.0 Å². The lowest BCUT2D eigenvalue weighted by atomic mass is 10.2. The van der Waals surface area contributed by atoms with E-state index in [-0.39, 0.29) is 10.9 Å². The number of alkyl carbamates (subject to hydrolysis) is 1. The molecule has 6 N–H and O–H groups in total. The highest BCUT2D eigenvalue weighted by Crippen LogP contribution is 2.18. The molecule has 11 nitrogen and oxygen atoms in total. The number of hydrogen-bond donors (Lipinski definition) is 4. The van der Waals surface area contributed by atoms with E-state index in [1.807, 2.05) is 6.92 Å². The minimum atomic E-state index is -4.02. The second kappa shape index (κ2) is 12.0. The molecule has 0 fully saturated rings. The molecule has 34 heavy (non-hydrogen) atoms. The van der Waals surface area contributed by atoms with Crippen LogP contribution in [0.15, 0.2) is 58.4 Å². The molecule has 2 rings (SSSR count). The Morgan fingerprint density at radius 2 is 1.56 bits per heavy atom. The predicted octanol–water partition coefficient (Wildman–Crippen LogP) is 2.65. The van der Waals surface area contributed by atoms with E-state index in [1.54, 1.807) is 57.2 Å². The molecular formula is C22H30N4O7S. The van der Waals surface area contributed by atoms with Crippen molar-refractivity contribution >= 4 is 33.8 Å². The summed E-state index contributed by atoms with van der Waals surface area (Å²) >= 11 is 0. The summed E-state index contributed by atoms with van der Waals surface area (Å²) in [4.78, 5) is 27.3. The fraction of sp³-hybridized carbons (Fsp3) is 0.318. The van der Waals surface area contributed by atoms with Crippen LogP contribution in [-0.2, 0) is 19.6 Å². The standard InChI is InChI=1S/C15H22N4O4.C7H8O3S/c1-9(18-14(21)23-15(2,3)4)12(20)22-11-7-5-10(6-8-11)19-13(16)17;1-6-2-4-7(5-3-6)11(8,9)10/h5-9H,1-4H3,(H,18,21)(H4,16,17,19);2-5H,1H3,(H,8,9,10)/t9-;/m1./s1. The van der Waals surface area contributed by atoms with Gasteiger partial charge in [-0.25, -0.2) is 14.6 Å². The van der Waals surface area contributed by atoms with Crippen LogP contribution >= 0.6 is 0 Å². The fourth-order valence-corrected chi connectivity index (χ4v) is 2.68. The lowest BCUT2D eigenvalue weighted by molar-refractivity contribution is -0.136. The van der Waals surface area contributed by atoms with E-state index in [1.165, 1.54) is 19.1 Å². The van der Waals surface area contributed by atoms with Crippen molar-refractivity contribution in [2.75, 3.05) is 0 Å². The lowest BCUT2D eigenvalue weighted by Gasteiger charge is -2.21. The van der Waals surface area contributed by atoms with Crippen LogP contribution in [-0.4, -0.2) is 42.6 Å². The minimum absolute atomic E-state index is 0.0649. The first kappa shape index (κ1) is 28.4. The molecule has 0 heterocycles. The van der Waals surface area contributed by atoms with Gasteiger partial charge >= 0.3 is 12.1 Å². The van der Waals surface area contributed by atoms with Gasteiger partial charge < -0.3 is 26.3 Å². The van der Waals surface area contributed by atoms with Gasteiger partial charge in [-0.2, -0.15) is 8.42 Å². The molecule has 2 aromatic carbocycles. The van der Waals surface area contributed by atoms with Crippen LogP contribution in [0.3, 0.4) is 0 Å². The van der Waals surface area contributed by atoms with Gasteiger partial charge in [0, 0.05) is 0 Å². The highest BCUT2D eigenvalue weighted by molar-refractivity contribution is 7.85. The molecule has 1 amide bonds. The number of aliphatic imine (C=N–C) groups is 1. The van der Waals surface area contributed by atoms with Crippen LogP contribution in [0.5, 0.6) is 5.75 Å². The van der Waals surface area contributed by atoms with Crippen molar-refractivity contribution < 1.29 is 32.0 Å². The van der Waals surface area contributed by atoms with Gasteiger partial charge in [0.15, 0.2) is 5.96 Å². The van der Waals surface area contributed by atoms with Crippen LogP contribution in [0.25, 0.3) is 0 Å². The number of ether oxygens (including phenoxy) is 2. The van der Waals surface area contributed by atoms with Crippen LogP contribution < -0.4 is 21.5 Å². The van der Waals surface area contributed by atoms with Crippen LogP contribution in [0.4, 0.5) is 10.5 Å². The first-order valence-electron chi connectivity index (χ1n) is 10.0. The van der Waals surface area contributed by atoms with E-state index in [0.29, 0.717) is 11.4 Å². The Balaban J connectivity index is 0.000000437. The Morgan fingerprint density at radius 3 is 2.00 bits per heavy atom. The number of rotatable bonds is 5. The number of amides is 1. The van der Waals surface area contributed by atoms with Crippen molar-refractivity contribution in [3.63, 3.8) is 0 Å². The fourth-order valence-electron chi connectivity index (χ4n) is 2.20. The maximum atomic E-state index is 11.9. The maximum Gasteiger partial charge on any atom is 0.408 e. The smallest absolute Gasteiger partial charge is 0.408 e. The van der Waals surface area contributed by atoms with Crippen molar-refractivity contribution in [1.82, 2.24) is 5.32 Å². The van der Waals surface area contributed by atoms with Gasteiger partial charge in [0.05, 0.1) is 10.6 Å². The lowest BCUT2D eigenvalue weighted by Crippen LogP contribution is -2.43. The van der Waals surface area contributed by atoms with E-state index in [4.69, 9.17) is 25.5 Å². The minimum Gasteiger partial charge on any atom is -0.444 e. The second-order valence-electron chi connectivity index (χ2n) is 8.11. The zero-order valence-corrected chi connectivity index (χ0v) is 20.4. The van der Waals surface area contributed by atoms with Crippen molar-refractivity contribution in [2.45, 2.75) is 51.2 Å². The molecule has 12 heteroatoms. The quantitative estimate of drug-likeness (QED) is 0.159. The topological polar surface area (TPSA) is 183 Å². The summed E-state index contributed by atoms with van der Waals surface area (Å²) in [6.45, 7) is 8.53. The Labute approximate surface area is 198 Å². The Bertz CT molecular complexity index is 1100. The third-order valence-corrected chi connectivity index (χ3v) is 4.59. The monoisotopic (exact) mass is 494 g/mol. The number of nitrogens with zero attached hydrogens (tertiary/aromatic N) is 1. The molecule has 0 aliphatic carbocycles. The number of carbonyl (C=O) groups excluding carboxylic acids is 2. The van der Waals surface area contributed by atoms with Crippen LogP contribution in [0, 0.1) is 6.92 Å². The third kappa shape index (κ3) is 11.3. The van der Waals surface area contributed by atoms with Crippen molar-refractivity contribution in [1.29, 1.82) is 0 Å². The molecule has 0 radical (unpaired) electrons. The summed E-state index contributed by atoms with van der Waals surface area (Å²) in [5.74, 6) is -0.377. The number of nitrogens with two attached hydrogens (primary N) is 2. The highest BCUT2D eigenvalue weighted by Gasteiger charge is 2.22. The molecular weight excluding hydrogens is 464 g/mol. The Morgan fingerprint density at radius 1 is 1.03 bits per heavy atom. The summed E-state index contributed by atoms with van der Waals surface area (Å²) in [6, 6.07) is 11.4. The second-order valence-corrected chi connectivity index (χ2v) is 9.53. The summed E-state index contributed by atoms with van der Waals surface area (Å²) in [5, 5.41) is 2.40. The van der Waals surface area contributed by atoms with E-state index < -0.39 is 33.8 Å². The first-order chi connectivity index (χ1) is 15.6. The molecule has 0 spiro atoms. The van der Waals surface area contributed by atoms with Gasteiger partial charge in [0.2, 0.25) is 0 Å². The predicted molar refractivity (Wildman–Crippen MR) is 127 cm³/mol. The summed E-state index contributed by atoms with van der Waals surface area (Å²) < 4.78 is 39.8. The number of guanidine groups is 1. The number of nitrogens with one attached hydrogen (secondary N) is 1. The number of aryl methyl sites for hydroxylation is 1. The van der Waals surface area contributed by atoms with E-state index in [2.05, 4.69) is 10.3 Å². The van der Waals surface area contributed by atoms with Gasteiger partial charge in [0.1, 0.15) is 17.4 Å². The van der Waals surface area contributed by atoms with Gasteiger partial charge in [0.25, 0.3) is 10.1 Å². The molecule has 0 saturated carbocycles. The molecule has 0 aliphatic rings. The van der Waals surface area contributed by atoms with Crippen molar-refractivity contribution in [3.8, 4) is 5.75 Å². The molecule has 2 aromatic rings. The maximum absolute atomic E-state index is 11.9. The largest absolute Gasteiger partial charge is 0.444 e. The molecule has 186 valence electrons. The van der Waals surface area contributed by atoms with Gasteiger partial charge in [-0.3, -0.25) is 4.55 Å². The van der Waals surface area contributed by atoms with Crippen molar-refractivity contribution in [3.05, 3.63) is 54.1 Å². The average Bonchev–Trinajstić information content (AvgIpc) is 2.67. The zero-order chi connectivity index (χ0) is 26.1. The number of carbonyl (C=O) groups is 2. The SMILES string of the molecule is C[C@@H](NC(=O)OC(C)(C)C)C(=O)Oc1ccc(N=C(N)N)cc1.Cc1ccc(S(=O)(=O)O)cc1. The normalized spacial score (nSPS) is 11.8. The molecule has 0 unspecified atom stereocenters. The van der Waals surface area contributed by atoms with Crippen LogP contribution in [0.1, 0.15) is 33.3 Å². The van der Waals surface area contributed by atoms with E-state index in [0.717, 1.165) is 5.56 Å².